The molecular formula is C16H15Cl2N3O2S. The van der Waals surface area contributed by atoms with Crippen LogP contribution in [-0.4, -0.2) is 29.6 Å². The van der Waals surface area contributed by atoms with Crippen LogP contribution in [0.25, 0.3) is 10.8 Å². The second-order valence-electron chi connectivity index (χ2n) is 5.45. The number of aryl methyl sites for hydroxylation is 1. The Hall–Kier alpha value is -1.60. The summed E-state index contributed by atoms with van der Waals surface area (Å²) in [6.45, 7) is 0.0363. The lowest BCUT2D eigenvalue weighted by Crippen LogP contribution is -2.26. The van der Waals surface area contributed by atoms with Crippen LogP contribution < -0.4 is 0 Å². The second kappa shape index (κ2) is 6.37. The van der Waals surface area contributed by atoms with Crippen LogP contribution in [0.3, 0.4) is 0 Å². The van der Waals surface area contributed by atoms with Gasteiger partial charge in [0.15, 0.2) is 0 Å². The lowest BCUT2D eigenvalue weighted by atomic mass is 10.1. The molecule has 0 fully saturated rings. The Labute approximate surface area is 150 Å². The quantitative estimate of drug-likeness (QED) is 0.689. The van der Waals surface area contributed by atoms with Crippen LogP contribution >= 0.6 is 23.2 Å². The third-order valence-corrected chi connectivity index (χ3v) is 6.52. The van der Waals surface area contributed by atoms with Gasteiger partial charge in [-0.3, -0.25) is 4.68 Å². The second-order valence-corrected chi connectivity index (χ2v) is 8.23. The zero-order valence-corrected chi connectivity index (χ0v) is 15.4. The van der Waals surface area contributed by atoms with Gasteiger partial charge in [0.05, 0.1) is 17.1 Å². The summed E-state index contributed by atoms with van der Waals surface area (Å²) in [6.07, 6.45) is 0. The smallest absolute Gasteiger partial charge is 0.243 e. The summed E-state index contributed by atoms with van der Waals surface area (Å²) in [5.74, 6) is 0. The molecule has 0 unspecified atom stereocenters. The molecular weight excluding hydrogens is 369 g/mol. The Kier molecular flexibility index (Phi) is 4.57. The molecule has 1 heterocycles. The maximum Gasteiger partial charge on any atom is 0.243 e. The maximum absolute atomic E-state index is 12.8. The Morgan fingerprint density at radius 1 is 1.12 bits per heavy atom. The zero-order valence-electron chi connectivity index (χ0n) is 13.1. The SMILES string of the molecule is CN(Cc1nn(C)c(Cl)c1Cl)S(=O)(=O)c1ccc2ccccc2c1. The number of nitrogens with zero attached hydrogens (tertiary/aromatic N) is 3. The lowest BCUT2D eigenvalue weighted by molar-refractivity contribution is 0.460. The molecule has 0 aliphatic heterocycles. The zero-order chi connectivity index (χ0) is 17.5. The van der Waals surface area contributed by atoms with Gasteiger partial charge in [0.25, 0.3) is 0 Å². The van der Waals surface area contributed by atoms with Crippen molar-refractivity contribution in [3.63, 3.8) is 0 Å². The van der Waals surface area contributed by atoms with Crippen molar-refractivity contribution in [1.82, 2.24) is 14.1 Å². The Morgan fingerprint density at radius 2 is 1.79 bits per heavy atom. The average molecular weight is 384 g/mol. The van der Waals surface area contributed by atoms with Gasteiger partial charge in [0.1, 0.15) is 10.2 Å². The molecule has 8 heteroatoms. The van der Waals surface area contributed by atoms with Gasteiger partial charge >= 0.3 is 0 Å². The van der Waals surface area contributed by atoms with Crippen molar-refractivity contribution in [2.45, 2.75) is 11.4 Å². The number of hydrogen-bond donors (Lipinski definition) is 0. The molecule has 0 radical (unpaired) electrons. The minimum absolute atomic E-state index is 0.0363. The van der Waals surface area contributed by atoms with Crippen molar-refractivity contribution in [2.75, 3.05) is 7.05 Å². The van der Waals surface area contributed by atoms with Gasteiger partial charge < -0.3 is 0 Å². The first-order chi connectivity index (χ1) is 11.3. The Morgan fingerprint density at radius 3 is 2.42 bits per heavy atom. The minimum atomic E-state index is -3.67. The molecule has 3 aromatic rings. The summed E-state index contributed by atoms with van der Waals surface area (Å²) < 4.78 is 28.2. The predicted octanol–water partition coefficient (Wildman–Crippen LogP) is 3.70. The van der Waals surface area contributed by atoms with E-state index in [1.54, 1.807) is 25.2 Å². The highest BCUT2D eigenvalue weighted by Gasteiger charge is 2.24. The third kappa shape index (κ3) is 3.02. The average Bonchev–Trinajstić information content (AvgIpc) is 2.81. The van der Waals surface area contributed by atoms with Gasteiger partial charge in [0, 0.05) is 14.1 Å². The van der Waals surface area contributed by atoms with E-state index in [1.807, 2.05) is 24.3 Å². The van der Waals surface area contributed by atoms with E-state index in [4.69, 9.17) is 23.2 Å². The molecule has 126 valence electrons. The van der Waals surface area contributed by atoms with E-state index in [0.717, 1.165) is 10.8 Å². The lowest BCUT2D eigenvalue weighted by Gasteiger charge is -2.16. The van der Waals surface area contributed by atoms with E-state index < -0.39 is 10.0 Å². The highest BCUT2D eigenvalue weighted by atomic mass is 35.5. The molecule has 0 amide bonds. The molecule has 0 bridgehead atoms. The highest BCUT2D eigenvalue weighted by Crippen LogP contribution is 2.27. The van der Waals surface area contributed by atoms with Gasteiger partial charge in [-0.2, -0.15) is 9.40 Å². The van der Waals surface area contributed by atoms with E-state index in [2.05, 4.69) is 5.10 Å². The van der Waals surface area contributed by atoms with Crippen molar-refractivity contribution in [3.05, 3.63) is 58.3 Å². The molecule has 0 aliphatic rings. The number of sulfonamides is 1. The standard InChI is InChI=1S/C16H15Cl2N3O2S/c1-20(10-14-15(17)16(18)21(2)19-14)24(22,23)13-8-7-11-5-3-4-6-12(11)9-13/h3-9H,10H2,1-2H3. The summed E-state index contributed by atoms with van der Waals surface area (Å²) >= 11 is 12.1. The number of benzene rings is 2. The molecule has 24 heavy (non-hydrogen) atoms. The van der Waals surface area contributed by atoms with E-state index in [1.165, 1.54) is 16.0 Å². The number of aromatic nitrogens is 2. The first-order valence-electron chi connectivity index (χ1n) is 7.12. The summed E-state index contributed by atoms with van der Waals surface area (Å²) in [6, 6.07) is 12.7. The van der Waals surface area contributed by atoms with Gasteiger partial charge in [-0.15, -0.1) is 0 Å². The fraction of sp³-hybridized carbons (Fsp3) is 0.188. The van der Waals surface area contributed by atoms with Crippen molar-refractivity contribution in [2.24, 2.45) is 7.05 Å². The summed E-state index contributed by atoms with van der Waals surface area (Å²) in [5, 5.41) is 6.55. The Balaban J connectivity index is 1.94. The molecule has 3 rings (SSSR count). The molecule has 5 nitrogen and oxygen atoms in total. The fourth-order valence-corrected chi connectivity index (χ4v) is 3.97. The van der Waals surface area contributed by atoms with E-state index >= 15 is 0 Å². The topological polar surface area (TPSA) is 55.2 Å². The van der Waals surface area contributed by atoms with Crippen molar-refractivity contribution in [1.29, 1.82) is 0 Å². The van der Waals surface area contributed by atoms with Crippen LogP contribution in [0.4, 0.5) is 0 Å². The van der Waals surface area contributed by atoms with Crippen molar-refractivity contribution in [3.8, 4) is 0 Å². The first kappa shape index (κ1) is 17.2. The van der Waals surface area contributed by atoms with Crippen LogP contribution in [0.15, 0.2) is 47.4 Å². The number of hydrogen-bond acceptors (Lipinski definition) is 3. The van der Waals surface area contributed by atoms with E-state index in [0.29, 0.717) is 5.69 Å². The van der Waals surface area contributed by atoms with Gasteiger partial charge in [0.2, 0.25) is 10.0 Å². The maximum atomic E-state index is 12.8. The molecule has 2 aromatic carbocycles. The van der Waals surface area contributed by atoms with E-state index in [9.17, 15) is 8.42 Å². The Bertz CT molecular complexity index is 1020. The molecule has 0 aliphatic carbocycles. The van der Waals surface area contributed by atoms with Crippen molar-refractivity contribution < 1.29 is 8.42 Å². The van der Waals surface area contributed by atoms with E-state index in [-0.39, 0.29) is 21.6 Å². The molecule has 1 aromatic heterocycles. The number of halogens is 2. The summed E-state index contributed by atoms with van der Waals surface area (Å²) in [4.78, 5) is 0.224. The van der Waals surface area contributed by atoms with Crippen LogP contribution in [0.5, 0.6) is 0 Å². The molecule has 0 N–H and O–H groups in total. The van der Waals surface area contributed by atoms with Crippen molar-refractivity contribution >= 4 is 44.0 Å². The third-order valence-electron chi connectivity index (χ3n) is 3.79. The fourth-order valence-electron chi connectivity index (χ4n) is 2.43. The highest BCUT2D eigenvalue weighted by molar-refractivity contribution is 7.89. The van der Waals surface area contributed by atoms with Gasteiger partial charge in [-0.1, -0.05) is 53.5 Å². The van der Waals surface area contributed by atoms with Gasteiger partial charge in [-0.25, -0.2) is 8.42 Å². The van der Waals surface area contributed by atoms with Crippen LogP contribution in [0.2, 0.25) is 10.2 Å². The first-order valence-corrected chi connectivity index (χ1v) is 9.32. The predicted molar refractivity (Wildman–Crippen MR) is 95.8 cm³/mol. The van der Waals surface area contributed by atoms with Crippen LogP contribution in [-0.2, 0) is 23.6 Å². The van der Waals surface area contributed by atoms with Gasteiger partial charge in [-0.05, 0) is 22.9 Å². The summed E-state index contributed by atoms with van der Waals surface area (Å²) in [5.41, 5.74) is 0.413. The molecule has 0 spiro atoms. The molecule has 0 atom stereocenters. The number of fused-ring (bicyclic) bond motifs is 1. The monoisotopic (exact) mass is 383 g/mol. The minimum Gasteiger partial charge on any atom is -0.255 e. The normalized spacial score (nSPS) is 12.2. The number of rotatable bonds is 4. The summed E-state index contributed by atoms with van der Waals surface area (Å²) in [7, 11) is -0.529. The largest absolute Gasteiger partial charge is 0.255 e. The van der Waals surface area contributed by atoms with Crippen LogP contribution in [0.1, 0.15) is 5.69 Å². The van der Waals surface area contributed by atoms with Crippen LogP contribution in [0, 0.1) is 0 Å². The molecule has 0 saturated heterocycles. The molecule has 0 saturated carbocycles.